The van der Waals surface area contributed by atoms with Crippen molar-refractivity contribution in [3.8, 4) is 61.8 Å². The number of aromatic nitrogens is 2. The number of para-hydroxylation sites is 4. The minimum Gasteiger partial charge on any atom is -0.457 e. The third-order valence-corrected chi connectivity index (χ3v) is 18.4. The van der Waals surface area contributed by atoms with Crippen LogP contribution in [0.4, 0.5) is 22.7 Å². The van der Waals surface area contributed by atoms with E-state index in [9.17, 15) is 0 Å². The third kappa shape index (κ3) is 10.1. The Hall–Kier alpha value is -8.67. The highest BCUT2D eigenvalue weighted by Gasteiger charge is 2.38. The second-order valence-corrected chi connectivity index (χ2v) is 28.4. The molecule has 5 nitrogen and oxygen atoms in total. The molecule has 2 aliphatic rings. The molecular formula is C80H80N4O. The first kappa shape index (κ1) is 55.5. The summed E-state index contributed by atoms with van der Waals surface area (Å²) in [7, 11) is 0. The molecule has 5 heteroatoms. The first-order valence-electron chi connectivity index (χ1n) is 30.6. The molecule has 426 valence electrons. The Labute approximate surface area is 504 Å². The predicted octanol–water partition coefficient (Wildman–Crippen LogP) is 22.1. The number of pyridine rings is 1. The molecule has 0 atom stereocenters. The molecule has 2 aromatic heterocycles. The van der Waals surface area contributed by atoms with E-state index in [1.165, 1.54) is 84.3 Å². The molecule has 1 aliphatic heterocycles. The number of fused-ring (bicyclic) bond motifs is 5. The van der Waals surface area contributed by atoms with Gasteiger partial charge in [-0.3, -0.25) is 4.57 Å². The van der Waals surface area contributed by atoms with Crippen molar-refractivity contribution in [1.82, 2.24) is 9.55 Å². The fraction of sp³-hybridized carbons (Fsp3) is 0.263. The van der Waals surface area contributed by atoms with Crippen molar-refractivity contribution in [2.45, 2.75) is 130 Å². The topological polar surface area (TPSA) is 33.5 Å². The first-order valence-corrected chi connectivity index (χ1v) is 30.6. The van der Waals surface area contributed by atoms with Crippen LogP contribution in [0.5, 0.6) is 11.5 Å². The SMILES string of the molecule is CC(C)(C)c1ccc(-c2ccc(-c3cccc(-c4ccc5c(c4)C(C)(C)CCC5(C)C)c3N3CN(c4cccc(Oc5ccc6c7ccccc7n(-c7cc(C(C)(C)C)c(-c8ccccc8)cn7)c6c5)c4)c4ccccc43)cc2)c(C(C)(C)C)c1. The second kappa shape index (κ2) is 20.5. The molecular weight excluding hydrogens is 1030 g/mol. The Kier molecular flexibility index (Phi) is 13.4. The Morgan fingerprint density at radius 2 is 0.988 bits per heavy atom. The summed E-state index contributed by atoms with van der Waals surface area (Å²) in [5.74, 6) is 2.40. The highest BCUT2D eigenvalue weighted by molar-refractivity contribution is 6.09. The minimum absolute atomic E-state index is 0.0288. The van der Waals surface area contributed by atoms with Crippen molar-refractivity contribution >= 4 is 44.6 Å². The summed E-state index contributed by atoms with van der Waals surface area (Å²) < 4.78 is 9.27. The van der Waals surface area contributed by atoms with Crippen LogP contribution in [0, 0.1) is 0 Å². The third-order valence-electron chi connectivity index (χ3n) is 18.4. The molecule has 11 aromatic rings. The van der Waals surface area contributed by atoms with Crippen molar-refractivity contribution in [1.29, 1.82) is 0 Å². The molecule has 3 heterocycles. The van der Waals surface area contributed by atoms with E-state index in [0.717, 1.165) is 62.8 Å². The summed E-state index contributed by atoms with van der Waals surface area (Å²) >= 11 is 0. The molecule has 85 heavy (non-hydrogen) atoms. The largest absolute Gasteiger partial charge is 0.457 e. The van der Waals surface area contributed by atoms with Gasteiger partial charge in [0.1, 0.15) is 24.0 Å². The Morgan fingerprint density at radius 1 is 0.412 bits per heavy atom. The lowest BCUT2D eigenvalue weighted by Crippen LogP contribution is -2.33. The Bertz CT molecular complexity index is 4370. The Balaban J connectivity index is 0.892. The summed E-state index contributed by atoms with van der Waals surface area (Å²) in [6, 6.07) is 76.3. The van der Waals surface area contributed by atoms with Crippen molar-refractivity contribution in [3.63, 3.8) is 0 Å². The number of benzene rings is 9. The van der Waals surface area contributed by atoms with Gasteiger partial charge in [0.05, 0.1) is 28.1 Å². The van der Waals surface area contributed by atoms with Crippen molar-refractivity contribution in [2.24, 2.45) is 0 Å². The van der Waals surface area contributed by atoms with Gasteiger partial charge < -0.3 is 14.5 Å². The van der Waals surface area contributed by atoms with E-state index in [2.05, 4.69) is 317 Å². The van der Waals surface area contributed by atoms with Crippen LogP contribution >= 0.6 is 0 Å². The van der Waals surface area contributed by atoms with Gasteiger partial charge in [-0.2, -0.15) is 0 Å². The van der Waals surface area contributed by atoms with Gasteiger partial charge in [0.15, 0.2) is 0 Å². The average molecular weight is 1110 g/mol. The average Bonchev–Trinajstić information content (AvgIpc) is 2.00. The van der Waals surface area contributed by atoms with Gasteiger partial charge in [-0.25, -0.2) is 4.98 Å². The van der Waals surface area contributed by atoms with Crippen molar-refractivity contribution < 1.29 is 4.74 Å². The van der Waals surface area contributed by atoms with Gasteiger partial charge in [0.2, 0.25) is 0 Å². The normalized spacial score (nSPS) is 14.9. The van der Waals surface area contributed by atoms with E-state index < -0.39 is 0 Å². The van der Waals surface area contributed by atoms with E-state index in [4.69, 9.17) is 9.72 Å². The summed E-state index contributed by atoms with van der Waals surface area (Å²) in [6.07, 6.45) is 4.38. The van der Waals surface area contributed by atoms with Gasteiger partial charge in [0.25, 0.3) is 0 Å². The lowest BCUT2D eigenvalue weighted by molar-refractivity contribution is 0.332. The summed E-state index contributed by atoms with van der Waals surface area (Å²) in [4.78, 5) is 10.2. The molecule has 0 N–H and O–H groups in total. The molecule has 0 radical (unpaired) electrons. The lowest BCUT2D eigenvalue weighted by atomic mass is 9.63. The molecule has 0 amide bonds. The maximum absolute atomic E-state index is 6.97. The molecule has 0 fully saturated rings. The van der Waals surface area contributed by atoms with E-state index in [0.29, 0.717) is 6.67 Å². The van der Waals surface area contributed by atoms with Crippen LogP contribution in [0.3, 0.4) is 0 Å². The minimum atomic E-state index is -0.125. The molecule has 0 spiro atoms. The first-order chi connectivity index (χ1) is 40.5. The van der Waals surface area contributed by atoms with Crippen LogP contribution in [-0.4, -0.2) is 16.2 Å². The lowest BCUT2D eigenvalue weighted by Gasteiger charge is -2.42. The number of hydrogen-bond acceptors (Lipinski definition) is 4. The van der Waals surface area contributed by atoms with Crippen LogP contribution in [0.25, 0.3) is 72.1 Å². The Morgan fingerprint density at radius 3 is 1.69 bits per heavy atom. The zero-order chi connectivity index (χ0) is 59.4. The molecule has 1 aliphatic carbocycles. The maximum atomic E-state index is 6.97. The molecule has 0 bridgehead atoms. The van der Waals surface area contributed by atoms with Crippen LogP contribution < -0.4 is 14.5 Å². The number of rotatable bonds is 9. The van der Waals surface area contributed by atoms with Gasteiger partial charge in [-0.05, 0) is 144 Å². The van der Waals surface area contributed by atoms with Crippen LogP contribution in [0.15, 0.2) is 212 Å². The van der Waals surface area contributed by atoms with Crippen LogP contribution in [0.2, 0.25) is 0 Å². The van der Waals surface area contributed by atoms with E-state index in [-0.39, 0.29) is 27.1 Å². The smallest absolute Gasteiger partial charge is 0.137 e. The number of anilines is 4. The zero-order valence-electron chi connectivity index (χ0n) is 52.0. The predicted molar refractivity (Wildman–Crippen MR) is 360 cm³/mol. The van der Waals surface area contributed by atoms with Gasteiger partial charge in [-0.1, -0.05) is 236 Å². The quantitative estimate of drug-likeness (QED) is 0.144. The van der Waals surface area contributed by atoms with Gasteiger partial charge in [-0.15, -0.1) is 0 Å². The maximum Gasteiger partial charge on any atom is 0.137 e. The van der Waals surface area contributed by atoms with E-state index in [1.54, 1.807) is 0 Å². The van der Waals surface area contributed by atoms with E-state index >= 15 is 0 Å². The van der Waals surface area contributed by atoms with Crippen molar-refractivity contribution in [3.05, 3.63) is 240 Å². The second-order valence-electron chi connectivity index (χ2n) is 28.4. The summed E-state index contributed by atoms with van der Waals surface area (Å²) in [5, 5.41) is 2.32. The molecule has 13 rings (SSSR count). The zero-order valence-corrected chi connectivity index (χ0v) is 52.0. The summed E-state index contributed by atoms with van der Waals surface area (Å²) in [6.45, 7) is 31.1. The molecule has 0 saturated carbocycles. The van der Waals surface area contributed by atoms with Crippen molar-refractivity contribution in [2.75, 3.05) is 16.5 Å². The van der Waals surface area contributed by atoms with E-state index in [1.807, 2.05) is 0 Å². The highest BCUT2D eigenvalue weighted by atomic mass is 16.5. The van der Waals surface area contributed by atoms with Gasteiger partial charge in [0, 0.05) is 51.5 Å². The highest BCUT2D eigenvalue weighted by Crippen LogP contribution is 2.53. The summed E-state index contributed by atoms with van der Waals surface area (Å²) in [5.41, 5.74) is 23.3. The standard InChI is InChI=1S/C80H80N4O/c1-76(2,3)56-38-40-60(67(46-56)77(4,5)6)53-33-35-54(36-34-53)61-28-22-29-62(55-37-42-66-69(45-55)80(12,13)44-43-79(66,10)11)75(61)83-51-82(71-31-19-20-32-72(71)83)57-25-21-26-58(47-57)85-59-39-41-64-63-27-17-18-30-70(63)84(73(64)48-59)74-49-68(78(7,8)9)65(50-81-74)52-23-15-14-16-24-52/h14-42,45-50H,43-44,51H2,1-13H3. The fourth-order valence-electron chi connectivity index (χ4n) is 13.5. The molecule has 9 aromatic carbocycles. The van der Waals surface area contributed by atoms with Crippen LogP contribution in [0.1, 0.15) is 131 Å². The number of hydrogen-bond donors (Lipinski definition) is 0. The molecule has 0 unspecified atom stereocenters. The molecule has 0 saturated heterocycles. The number of nitrogens with zero attached hydrogens (tertiary/aromatic N) is 4. The fourth-order valence-corrected chi connectivity index (χ4v) is 13.5. The monoisotopic (exact) mass is 1110 g/mol. The van der Waals surface area contributed by atoms with Crippen LogP contribution in [-0.2, 0) is 27.1 Å². The van der Waals surface area contributed by atoms with Gasteiger partial charge >= 0.3 is 0 Å². The number of ether oxygens (including phenoxy) is 1.